The van der Waals surface area contributed by atoms with Crippen molar-refractivity contribution in [2.75, 3.05) is 24.6 Å². The van der Waals surface area contributed by atoms with Gasteiger partial charge in [-0.15, -0.1) is 0 Å². The van der Waals surface area contributed by atoms with Crippen LogP contribution in [0, 0.1) is 0 Å². The van der Waals surface area contributed by atoms with Crippen LogP contribution in [0.3, 0.4) is 0 Å². The molecule has 1 aromatic rings. The van der Waals surface area contributed by atoms with E-state index in [4.69, 9.17) is 5.11 Å². The van der Waals surface area contributed by atoms with E-state index in [9.17, 15) is 13.2 Å². The van der Waals surface area contributed by atoms with Gasteiger partial charge in [-0.25, -0.2) is 0 Å². The van der Waals surface area contributed by atoms with Crippen LogP contribution in [0.25, 0.3) is 0 Å². The summed E-state index contributed by atoms with van der Waals surface area (Å²) in [4.78, 5) is 1.12. The molecule has 0 aliphatic rings. The van der Waals surface area contributed by atoms with E-state index in [1.54, 1.807) is 18.2 Å². The average molecular weight is 369 g/mol. The van der Waals surface area contributed by atoms with Gasteiger partial charge >= 0.3 is 6.18 Å². The van der Waals surface area contributed by atoms with Crippen LogP contribution in [0.5, 0.6) is 0 Å². The van der Waals surface area contributed by atoms with Gasteiger partial charge in [0.25, 0.3) is 0 Å². The minimum absolute atomic E-state index is 0.0600. The van der Waals surface area contributed by atoms with Crippen molar-refractivity contribution in [3.63, 3.8) is 0 Å². The molecule has 0 amide bonds. The first-order chi connectivity index (χ1) is 9.73. The van der Waals surface area contributed by atoms with E-state index in [1.807, 2.05) is 13.8 Å². The zero-order chi connectivity index (χ0) is 16.0. The maximum Gasteiger partial charge on any atom is 0.405 e. The molecule has 0 aliphatic carbocycles. The van der Waals surface area contributed by atoms with Crippen molar-refractivity contribution in [3.05, 3.63) is 28.2 Å². The van der Waals surface area contributed by atoms with Crippen LogP contribution < -0.4 is 10.2 Å². The van der Waals surface area contributed by atoms with Crippen molar-refractivity contribution in [1.29, 1.82) is 0 Å². The molecule has 0 unspecified atom stereocenters. The highest BCUT2D eigenvalue weighted by Gasteiger charge is 2.30. The second kappa shape index (κ2) is 8.00. The minimum atomic E-state index is -4.31. The lowest BCUT2D eigenvalue weighted by Gasteiger charge is -2.25. The predicted octanol–water partition coefficient (Wildman–Crippen LogP) is 3.31. The fourth-order valence-electron chi connectivity index (χ4n) is 1.83. The number of nitrogens with one attached hydrogen (secondary N) is 1. The first kappa shape index (κ1) is 18.3. The van der Waals surface area contributed by atoms with Gasteiger partial charge < -0.3 is 15.3 Å². The maximum absolute atomic E-state index is 12.6. The third kappa shape index (κ3) is 6.67. The number of rotatable bonds is 7. The SMILES string of the molecule is CC(C)NCc1ccc(N(CCO)CC(F)(F)F)cc1Br. The summed E-state index contributed by atoms with van der Waals surface area (Å²) in [5.74, 6) is 0. The molecule has 7 heteroatoms. The van der Waals surface area contributed by atoms with Crippen LogP contribution in [0.4, 0.5) is 18.9 Å². The Bertz CT molecular complexity index is 452. The topological polar surface area (TPSA) is 35.5 Å². The van der Waals surface area contributed by atoms with Crippen LogP contribution in [0.1, 0.15) is 19.4 Å². The van der Waals surface area contributed by atoms with E-state index in [0.717, 1.165) is 14.9 Å². The van der Waals surface area contributed by atoms with Gasteiger partial charge in [0.15, 0.2) is 0 Å². The number of aliphatic hydroxyl groups excluding tert-OH is 1. The van der Waals surface area contributed by atoms with Crippen LogP contribution in [0.2, 0.25) is 0 Å². The lowest BCUT2D eigenvalue weighted by Crippen LogP contribution is -2.36. The average Bonchev–Trinajstić information content (AvgIpc) is 2.35. The third-order valence-electron chi connectivity index (χ3n) is 2.84. The molecule has 0 aromatic heterocycles. The first-order valence-corrected chi connectivity index (χ1v) is 7.46. The summed E-state index contributed by atoms with van der Waals surface area (Å²) in [6, 6.07) is 5.41. The van der Waals surface area contributed by atoms with Gasteiger partial charge in [0.2, 0.25) is 0 Å². The van der Waals surface area contributed by atoms with Gasteiger partial charge in [0, 0.05) is 29.3 Å². The fraction of sp³-hybridized carbons (Fsp3) is 0.571. The standard InChI is InChI=1S/C14H20BrF3N2O/c1-10(2)19-8-11-3-4-12(7-13(11)15)20(5-6-21)9-14(16,17)18/h3-4,7,10,19,21H,5-6,8-9H2,1-2H3. The molecule has 21 heavy (non-hydrogen) atoms. The van der Waals surface area contributed by atoms with Crippen molar-refractivity contribution in [2.45, 2.75) is 32.6 Å². The second-order valence-corrected chi connectivity index (χ2v) is 5.93. The van der Waals surface area contributed by atoms with Crippen molar-refractivity contribution in [1.82, 2.24) is 5.32 Å². The molecule has 0 saturated carbocycles. The molecule has 0 aliphatic heterocycles. The van der Waals surface area contributed by atoms with Gasteiger partial charge in [-0.05, 0) is 17.7 Å². The Labute approximate surface area is 131 Å². The lowest BCUT2D eigenvalue weighted by molar-refractivity contribution is -0.119. The van der Waals surface area contributed by atoms with Crippen LogP contribution in [-0.4, -0.2) is 37.0 Å². The van der Waals surface area contributed by atoms with Crippen LogP contribution >= 0.6 is 15.9 Å². The third-order valence-corrected chi connectivity index (χ3v) is 3.58. The molecule has 1 rings (SSSR count). The molecular formula is C14H20BrF3N2O. The van der Waals surface area contributed by atoms with E-state index >= 15 is 0 Å². The Balaban J connectivity index is 2.87. The van der Waals surface area contributed by atoms with E-state index in [2.05, 4.69) is 21.2 Å². The number of hydrogen-bond donors (Lipinski definition) is 2. The molecule has 0 bridgehead atoms. The number of benzene rings is 1. The minimum Gasteiger partial charge on any atom is -0.395 e. The molecule has 0 saturated heterocycles. The van der Waals surface area contributed by atoms with Gasteiger partial charge in [-0.3, -0.25) is 0 Å². The van der Waals surface area contributed by atoms with E-state index in [-0.39, 0.29) is 13.2 Å². The first-order valence-electron chi connectivity index (χ1n) is 6.67. The van der Waals surface area contributed by atoms with Gasteiger partial charge in [0.1, 0.15) is 6.54 Å². The number of anilines is 1. The quantitative estimate of drug-likeness (QED) is 0.774. The molecule has 3 nitrogen and oxygen atoms in total. The van der Waals surface area contributed by atoms with Gasteiger partial charge in [-0.2, -0.15) is 13.2 Å². The van der Waals surface area contributed by atoms with Crippen molar-refractivity contribution in [2.24, 2.45) is 0 Å². The Kier molecular flexibility index (Phi) is 6.96. The summed E-state index contributed by atoms with van der Waals surface area (Å²) in [5, 5.41) is 12.2. The molecule has 0 spiro atoms. The van der Waals surface area contributed by atoms with Gasteiger partial charge in [-0.1, -0.05) is 35.8 Å². The zero-order valence-electron chi connectivity index (χ0n) is 12.0. The van der Waals surface area contributed by atoms with Crippen LogP contribution in [-0.2, 0) is 6.54 Å². The predicted molar refractivity (Wildman–Crippen MR) is 81.5 cm³/mol. The summed E-state index contributed by atoms with van der Waals surface area (Å²) in [7, 11) is 0. The van der Waals surface area contributed by atoms with Gasteiger partial charge in [0.05, 0.1) is 6.61 Å². The monoisotopic (exact) mass is 368 g/mol. The number of halogens is 4. The van der Waals surface area contributed by atoms with E-state index < -0.39 is 12.7 Å². The van der Waals surface area contributed by atoms with Crippen molar-refractivity contribution >= 4 is 21.6 Å². The molecule has 2 N–H and O–H groups in total. The molecule has 0 atom stereocenters. The van der Waals surface area contributed by atoms with Crippen molar-refractivity contribution in [3.8, 4) is 0 Å². The summed E-state index contributed by atoms with van der Waals surface area (Å²) in [6.07, 6.45) is -4.31. The molecular weight excluding hydrogens is 349 g/mol. The van der Waals surface area contributed by atoms with E-state index in [1.165, 1.54) is 0 Å². The Morgan fingerprint density at radius 1 is 1.33 bits per heavy atom. The molecule has 0 fully saturated rings. The largest absolute Gasteiger partial charge is 0.405 e. The van der Waals surface area contributed by atoms with Crippen molar-refractivity contribution < 1.29 is 18.3 Å². The van der Waals surface area contributed by atoms with E-state index in [0.29, 0.717) is 18.3 Å². The normalized spacial score (nSPS) is 12.0. The smallest absolute Gasteiger partial charge is 0.395 e. The summed E-state index contributed by atoms with van der Waals surface area (Å²) in [5.41, 5.74) is 1.41. The summed E-state index contributed by atoms with van der Waals surface area (Å²) in [6.45, 7) is 3.21. The molecule has 120 valence electrons. The molecule has 0 heterocycles. The molecule has 0 radical (unpaired) electrons. The number of nitrogens with zero attached hydrogens (tertiary/aromatic N) is 1. The second-order valence-electron chi connectivity index (χ2n) is 5.07. The summed E-state index contributed by atoms with van der Waals surface area (Å²) >= 11 is 3.39. The zero-order valence-corrected chi connectivity index (χ0v) is 13.6. The Morgan fingerprint density at radius 3 is 2.48 bits per heavy atom. The highest BCUT2D eigenvalue weighted by atomic mass is 79.9. The Hall–Kier alpha value is -0.790. The van der Waals surface area contributed by atoms with Crippen LogP contribution in [0.15, 0.2) is 22.7 Å². The highest BCUT2D eigenvalue weighted by Crippen LogP contribution is 2.27. The highest BCUT2D eigenvalue weighted by molar-refractivity contribution is 9.10. The maximum atomic E-state index is 12.6. The number of hydrogen-bond acceptors (Lipinski definition) is 3. The fourth-order valence-corrected chi connectivity index (χ4v) is 2.33. The molecule has 1 aromatic carbocycles. The number of aliphatic hydroxyl groups is 1. The number of alkyl halides is 3. The Morgan fingerprint density at radius 2 is 2.00 bits per heavy atom. The lowest BCUT2D eigenvalue weighted by atomic mass is 10.2. The summed E-state index contributed by atoms with van der Waals surface area (Å²) < 4.78 is 38.4.